The molecule has 0 aromatic heterocycles. The summed E-state index contributed by atoms with van der Waals surface area (Å²) >= 11 is 0. The van der Waals surface area contributed by atoms with Crippen LogP contribution < -0.4 is 10.1 Å². The molecule has 0 saturated carbocycles. The Kier molecular flexibility index (Phi) is 6.06. The van der Waals surface area contributed by atoms with E-state index in [1.165, 1.54) is 18.4 Å². The molecule has 96 valence electrons. The second kappa shape index (κ2) is 7.33. The lowest BCUT2D eigenvalue weighted by Gasteiger charge is -2.20. The molecule has 1 aromatic rings. The summed E-state index contributed by atoms with van der Waals surface area (Å²) in [6.45, 7) is 9.52. The van der Waals surface area contributed by atoms with Gasteiger partial charge in [0.1, 0.15) is 11.9 Å². The number of nitrogens with one attached hydrogen (secondary N) is 1. The highest BCUT2D eigenvalue weighted by Gasteiger charge is 2.07. The van der Waals surface area contributed by atoms with Gasteiger partial charge in [-0.2, -0.15) is 0 Å². The lowest BCUT2D eigenvalue weighted by atomic mass is 10.1. The van der Waals surface area contributed by atoms with Crippen molar-refractivity contribution < 1.29 is 4.74 Å². The van der Waals surface area contributed by atoms with Crippen LogP contribution in [0.4, 0.5) is 0 Å². The zero-order chi connectivity index (χ0) is 12.7. The molecule has 1 atom stereocenters. The second-order valence-corrected chi connectivity index (χ2v) is 4.66. The van der Waals surface area contributed by atoms with Gasteiger partial charge in [-0.1, -0.05) is 31.5 Å². The fourth-order valence-electron chi connectivity index (χ4n) is 1.80. The van der Waals surface area contributed by atoms with Crippen LogP contribution in [0.2, 0.25) is 0 Å². The Morgan fingerprint density at radius 1 is 1.12 bits per heavy atom. The first-order valence-corrected chi connectivity index (χ1v) is 6.62. The van der Waals surface area contributed by atoms with Gasteiger partial charge in [-0.25, -0.2) is 0 Å². The number of hydrogen-bond donors (Lipinski definition) is 1. The first-order chi connectivity index (χ1) is 8.15. The summed E-state index contributed by atoms with van der Waals surface area (Å²) in [6.07, 6.45) is 2.56. The standard InChI is InChI=1S/C15H25NO/c1-5-14(6-2)16-11-13(4)17-15-9-7-12(3)8-10-15/h7-10,13-14,16H,5-6,11H2,1-4H3. The minimum Gasteiger partial charge on any atom is -0.489 e. The summed E-state index contributed by atoms with van der Waals surface area (Å²) in [4.78, 5) is 0. The van der Waals surface area contributed by atoms with Crippen molar-refractivity contribution in [3.8, 4) is 5.75 Å². The van der Waals surface area contributed by atoms with Crippen LogP contribution in [-0.2, 0) is 0 Å². The molecule has 0 fully saturated rings. The van der Waals surface area contributed by atoms with Crippen molar-refractivity contribution in [2.75, 3.05) is 6.54 Å². The maximum atomic E-state index is 5.85. The maximum Gasteiger partial charge on any atom is 0.119 e. The molecule has 1 unspecified atom stereocenters. The van der Waals surface area contributed by atoms with Crippen LogP contribution in [0, 0.1) is 6.92 Å². The summed E-state index contributed by atoms with van der Waals surface area (Å²) in [7, 11) is 0. The van der Waals surface area contributed by atoms with E-state index >= 15 is 0 Å². The Balaban J connectivity index is 2.34. The Hall–Kier alpha value is -1.02. The average molecular weight is 235 g/mol. The maximum absolute atomic E-state index is 5.85. The summed E-state index contributed by atoms with van der Waals surface area (Å²) in [5.74, 6) is 0.953. The SMILES string of the molecule is CCC(CC)NCC(C)Oc1ccc(C)cc1. The van der Waals surface area contributed by atoms with Gasteiger partial charge in [-0.05, 0) is 38.8 Å². The Labute approximate surface area is 105 Å². The van der Waals surface area contributed by atoms with Crippen LogP contribution in [0.3, 0.4) is 0 Å². The van der Waals surface area contributed by atoms with E-state index in [1.54, 1.807) is 0 Å². The number of hydrogen-bond acceptors (Lipinski definition) is 2. The minimum atomic E-state index is 0.207. The van der Waals surface area contributed by atoms with Gasteiger partial charge in [0.05, 0.1) is 0 Å². The van der Waals surface area contributed by atoms with Crippen LogP contribution >= 0.6 is 0 Å². The molecule has 0 aliphatic heterocycles. The third-order valence-corrected chi connectivity index (χ3v) is 3.04. The molecule has 2 nitrogen and oxygen atoms in total. The molecule has 0 saturated heterocycles. The van der Waals surface area contributed by atoms with Gasteiger partial charge in [0.15, 0.2) is 0 Å². The number of aryl methyl sites for hydroxylation is 1. The molecule has 0 aliphatic carbocycles. The van der Waals surface area contributed by atoms with Crippen molar-refractivity contribution in [1.29, 1.82) is 0 Å². The van der Waals surface area contributed by atoms with Crippen molar-refractivity contribution >= 4 is 0 Å². The lowest BCUT2D eigenvalue weighted by Crippen LogP contribution is -2.36. The zero-order valence-electron chi connectivity index (χ0n) is 11.5. The van der Waals surface area contributed by atoms with Gasteiger partial charge in [-0.15, -0.1) is 0 Å². The average Bonchev–Trinajstić information content (AvgIpc) is 2.33. The lowest BCUT2D eigenvalue weighted by molar-refractivity contribution is 0.210. The molecule has 1 N–H and O–H groups in total. The summed E-state index contributed by atoms with van der Waals surface area (Å²) in [5, 5.41) is 3.53. The van der Waals surface area contributed by atoms with Crippen LogP contribution in [0.15, 0.2) is 24.3 Å². The van der Waals surface area contributed by atoms with E-state index in [9.17, 15) is 0 Å². The molecule has 0 aliphatic rings. The first-order valence-electron chi connectivity index (χ1n) is 6.62. The fourth-order valence-corrected chi connectivity index (χ4v) is 1.80. The van der Waals surface area contributed by atoms with E-state index in [1.807, 2.05) is 12.1 Å². The molecule has 0 amide bonds. The molecule has 0 radical (unpaired) electrons. The van der Waals surface area contributed by atoms with Gasteiger partial charge in [0.25, 0.3) is 0 Å². The van der Waals surface area contributed by atoms with Crippen molar-refractivity contribution in [1.82, 2.24) is 5.32 Å². The molecular formula is C15H25NO. The van der Waals surface area contributed by atoms with Gasteiger partial charge >= 0.3 is 0 Å². The van der Waals surface area contributed by atoms with E-state index in [4.69, 9.17) is 4.74 Å². The Morgan fingerprint density at radius 3 is 2.24 bits per heavy atom. The van der Waals surface area contributed by atoms with Gasteiger partial charge in [-0.3, -0.25) is 0 Å². The third-order valence-electron chi connectivity index (χ3n) is 3.04. The highest BCUT2D eigenvalue weighted by atomic mass is 16.5. The van der Waals surface area contributed by atoms with Gasteiger partial charge in [0, 0.05) is 12.6 Å². The molecule has 17 heavy (non-hydrogen) atoms. The molecule has 1 aromatic carbocycles. The summed E-state index contributed by atoms with van der Waals surface area (Å²) in [5.41, 5.74) is 1.26. The summed E-state index contributed by atoms with van der Waals surface area (Å²) < 4.78 is 5.85. The molecule has 1 rings (SSSR count). The topological polar surface area (TPSA) is 21.3 Å². The third kappa shape index (κ3) is 5.22. The predicted molar refractivity (Wildman–Crippen MR) is 73.6 cm³/mol. The van der Waals surface area contributed by atoms with Crippen LogP contribution in [0.1, 0.15) is 39.2 Å². The summed E-state index contributed by atoms with van der Waals surface area (Å²) in [6, 6.07) is 8.83. The van der Waals surface area contributed by atoms with Crippen molar-refractivity contribution in [3.05, 3.63) is 29.8 Å². The molecule has 2 heteroatoms. The molecule has 0 spiro atoms. The molecule has 0 bridgehead atoms. The van der Waals surface area contributed by atoms with E-state index < -0.39 is 0 Å². The Morgan fingerprint density at radius 2 is 1.71 bits per heavy atom. The fraction of sp³-hybridized carbons (Fsp3) is 0.600. The van der Waals surface area contributed by atoms with E-state index in [2.05, 4.69) is 45.1 Å². The number of rotatable bonds is 7. The van der Waals surface area contributed by atoms with E-state index in [0.29, 0.717) is 6.04 Å². The Bertz CT molecular complexity index is 303. The van der Waals surface area contributed by atoms with Gasteiger partial charge in [0.2, 0.25) is 0 Å². The van der Waals surface area contributed by atoms with Crippen LogP contribution in [0.25, 0.3) is 0 Å². The zero-order valence-corrected chi connectivity index (χ0v) is 11.5. The number of benzene rings is 1. The largest absolute Gasteiger partial charge is 0.489 e. The quantitative estimate of drug-likeness (QED) is 0.780. The van der Waals surface area contributed by atoms with Crippen molar-refractivity contribution in [2.45, 2.75) is 52.7 Å². The van der Waals surface area contributed by atoms with Crippen LogP contribution in [0.5, 0.6) is 5.75 Å². The molecular weight excluding hydrogens is 210 g/mol. The smallest absolute Gasteiger partial charge is 0.119 e. The van der Waals surface area contributed by atoms with Gasteiger partial charge < -0.3 is 10.1 Å². The number of ether oxygens (including phenoxy) is 1. The van der Waals surface area contributed by atoms with E-state index in [0.717, 1.165) is 12.3 Å². The minimum absolute atomic E-state index is 0.207. The highest BCUT2D eigenvalue weighted by Crippen LogP contribution is 2.13. The normalized spacial score (nSPS) is 12.8. The van der Waals surface area contributed by atoms with Crippen molar-refractivity contribution in [3.63, 3.8) is 0 Å². The van der Waals surface area contributed by atoms with Crippen LogP contribution in [-0.4, -0.2) is 18.7 Å². The first kappa shape index (κ1) is 14.0. The highest BCUT2D eigenvalue weighted by molar-refractivity contribution is 5.26. The second-order valence-electron chi connectivity index (χ2n) is 4.66. The molecule has 0 heterocycles. The predicted octanol–water partition coefficient (Wildman–Crippen LogP) is 3.54. The van der Waals surface area contributed by atoms with E-state index in [-0.39, 0.29) is 6.10 Å². The van der Waals surface area contributed by atoms with Crippen molar-refractivity contribution in [2.24, 2.45) is 0 Å². The monoisotopic (exact) mass is 235 g/mol.